The number of halogens is 4. The summed E-state index contributed by atoms with van der Waals surface area (Å²) in [4.78, 5) is 150. The van der Waals surface area contributed by atoms with Crippen LogP contribution in [0.4, 0.5) is 23.4 Å². The lowest BCUT2D eigenvalue weighted by Gasteiger charge is -2.10. The molecule has 21 rings (SSSR count). The van der Waals surface area contributed by atoms with Gasteiger partial charge in [-0.2, -0.15) is 5.10 Å². The second kappa shape index (κ2) is 33.0. The van der Waals surface area contributed by atoms with Crippen LogP contribution in [0.1, 0.15) is 98.2 Å². The molecular formula is C89H59F4N15O19S3. The number of ether oxygens (including phenoxy) is 1. The highest BCUT2D eigenvalue weighted by molar-refractivity contribution is 7.13. The number of primary amides is 3. The summed E-state index contributed by atoms with van der Waals surface area (Å²) < 4.78 is 87.6. The number of amides is 3. The molecule has 0 saturated carbocycles. The number of nitrogen functional groups attached to an aromatic ring is 1. The lowest BCUT2D eigenvalue weighted by Crippen LogP contribution is -2.13. The average molecular weight is 1810 g/mol. The van der Waals surface area contributed by atoms with Crippen LogP contribution in [-0.2, 0) is 32.6 Å². The molecule has 0 unspecified atom stereocenters. The number of hydrogen-bond acceptors (Lipinski definition) is 21. The Hall–Kier alpha value is -17.2. The van der Waals surface area contributed by atoms with Crippen LogP contribution in [0.3, 0.4) is 0 Å². The fourth-order valence-corrected chi connectivity index (χ4v) is 18.7. The average Bonchev–Trinajstić information content (AvgIpc) is 1.58. The number of anilines is 1. The van der Waals surface area contributed by atoms with Gasteiger partial charge in [0.05, 0.1) is 129 Å². The molecule has 130 heavy (non-hydrogen) atoms. The number of carbonyl (C=O) groups excluding carboxylic acids is 3. The van der Waals surface area contributed by atoms with Crippen LogP contribution in [0, 0.1) is 23.3 Å². The minimum atomic E-state index is -1.32. The van der Waals surface area contributed by atoms with E-state index in [-0.39, 0.29) is 166 Å². The monoisotopic (exact) mass is 1810 g/mol. The van der Waals surface area contributed by atoms with Gasteiger partial charge in [-0.25, -0.2) is 41.7 Å². The number of hydrogen-bond donors (Lipinski definition) is 13. The number of carboxylic acids is 4. The van der Waals surface area contributed by atoms with E-state index in [1.807, 2.05) is 0 Å². The number of nitrogens with one attached hydrogen (secondary N) is 5. The number of nitrogens with two attached hydrogens (primary N) is 4. The van der Waals surface area contributed by atoms with Crippen LogP contribution in [0.2, 0.25) is 0 Å². The Bertz CT molecular complexity index is 8230. The zero-order chi connectivity index (χ0) is 91.3. The van der Waals surface area contributed by atoms with Crippen molar-refractivity contribution in [1.82, 2.24) is 53.4 Å². The fourth-order valence-electron chi connectivity index (χ4n) is 16.5. The maximum absolute atomic E-state index is 15.0. The Morgan fingerprint density at radius 2 is 0.823 bits per heavy atom. The third-order valence-electron chi connectivity index (χ3n) is 21.8. The third kappa shape index (κ3) is 14.5. The maximum atomic E-state index is 15.0. The van der Waals surface area contributed by atoms with Crippen molar-refractivity contribution < 1.29 is 89.5 Å². The van der Waals surface area contributed by atoms with Crippen LogP contribution in [0.25, 0.3) is 132 Å². The number of H-pyrrole nitrogens is 5. The predicted molar refractivity (Wildman–Crippen MR) is 471 cm³/mol. The standard InChI is InChI=1S/C24H16FN5O4.C22H16FN3O5S.C22H14FN3O5S.C21H13FN4O5S/c25-15-9-17-19(21-12(15)5-7-34-21)18(13-2-1-6-27-23(13)31)20(24(32)33)30(17)10-11-3-4-16-14(8-11)22(26)29-28-16;2*23-13-7-14-17(19-11(13)3-5-31-19)16(12-2-1-4-25-21(12)28)18(22(29)30)26(14)8-10-6-15(20(24)27)32-9-10;22-12-6-13-15(17-10(12)3-5-31-17)14(11-2-1-4-24-19(11)28)16(21(29)30)26(13)8-9-7-25-20(32-9)18(23)27/h1-9H,10H2,(H,27,31)(H,32,33)(H3,26,28,29);1-2,4,6-7,9H,3,5,8H2,(H2,24,27)(H,25,28)(H,29,30);1-7,9H,8H2,(H2,24,27)(H,25,28)(H,29,30);1-7H,8H2,(H2,23,27)(H,24,28)(H,29,30). The van der Waals surface area contributed by atoms with Crippen LogP contribution >= 0.6 is 34.0 Å². The summed E-state index contributed by atoms with van der Waals surface area (Å²) in [5.41, 5.74) is 24.7. The zero-order valence-electron chi connectivity index (χ0n) is 66.2. The van der Waals surface area contributed by atoms with E-state index < -0.39 is 87.1 Å². The molecule has 1 aliphatic rings. The normalized spacial score (nSPS) is 11.8. The maximum Gasteiger partial charge on any atom is 0.353 e. The van der Waals surface area contributed by atoms with Crippen LogP contribution in [-0.4, -0.2) is 122 Å². The van der Waals surface area contributed by atoms with Gasteiger partial charge in [0.15, 0.2) is 10.8 Å². The van der Waals surface area contributed by atoms with Gasteiger partial charge in [0.25, 0.3) is 40.0 Å². The first kappa shape index (κ1) is 83.7. The van der Waals surface area contributed by atoms with E-state index in [2.05, 4.69) is 35.1 Å². The third-order valence-corrected chi connectivity index (χ3v) is 24.8. The summed E-state index contributed by atoms with van der Waals surface area (Å²) in [5.74, 6) is -8.76. The number of aromatic nitrogens is 11. The molecule has 0 aliphatic carbocycles. The molecule has 41 heteroatoms. The first-order chi connectivity index (χ1) is 62.5. The van der Waals surface area contributed by atoms with Crippen molar-refractivity contribution in [2.24, 2.45) is 17.2 Å². The molecule has 17 N–H and O–H groups in total. The molecule has 0 atom stereocenters. The van der Waals surface area contributed by atoms with E-state index in [0.29, 0.717) is 76.1 Å². The van der Waals surface area contributed by atoms with E-state index in [9.17, 15) is 90.7 Å². The molecule has 0 spiro atoms. The summed E-state index contributed by atoms with van der Waals surface area (Å²) in [5, 5.41) is 53.4. The topological polar surface area (TPSA) is 546 Å². The van der Waals surface area contributed by atoms with Gasteiger partial charge in [0.1, 0.15) is 68.5 Å². The number of aromatic carboxylic acids is 4. The highest BCUT2D eigenvalue weighted by atomic mass is 32.1. The first-order valence-electron chi connectivity index (χ1n) is 38.6. The predicted octanol–water partition coefficient (Wildman–Crippen LogP) is 14.0. The van der Waals surface area contributed by atoms with Crippen molar-refractivity contribution in [3.8, 4) is 50.3 Å². The van der Waals surface area contributed by atoms with Gasteiger partial charge in [-0.1, -0.05) is 6.07 Å². The van der Waals surface area contributed by atoms with Crippen LogP contribution < -0.4 is 49.9 Å². The minimum absolute atomic E-state index is 0.0122. The number of benzene rings is 5. The molecule has 15 aromatic heterocycles. The van der Waals surface area contributed by atoms with Gasteiger partial charge in [-0.15, -0.1) is 34.0 Å². The number of furan rings is 3. The second-order valence-electron chi connectivity index (χ2n) is 29.4. The number of thiazole rings is 1. The van der Waals surface area contributed by atoms with Gasteiger partial charge in [-0.3, -0.25) is 38.7 Å². The molecule has 1 aliphatic heterocycles. The van der Waals surface area contributed by atoms with Gasteiger partial charge in [0, 0.05) is 95.1 Å². The van der Waals surface area contributed by atoms with Crippen LogP contribution in [0.5, 0.6) is 5.75 Å². The number of rotatable bonds is 19. The zero-order valence-corrected chi connectivity index (χ0v) is 68.7. The SMILES string of the molecule is NC(=O)c1cc(Cn2c(C(=O)O)c(-c3ccc[nH]c3=O)c3c4c(c(F)cc32)CCO4)cs1.NC(=O)c1cc(Cn2c(C(=O)O)c(-c3ccc[nH]c3=O)c3c4occc4c(F)cc32)cs1.NC(=O)c1ncc(Cn2c(C(=O)O)c(-c3ccc[nH]c3=O)c3c4occc4c(F)cc32)s1.Nc1n[nH]c2ccc(Cn3c(C(=O)O)c(-c4ccc[nH]c4=O)c4c5occc5c(F)cc43)cc12. The molecule has 16 heterocycles. The van der Waals surface area contributed by atoms with E-state index in [1.165, 1.54) is 135 Å². The summed E-state index contributed by atoms with van der Waals surface area (Å²) in [6, 6.07) is 30.2. The number of carbonyl (C=O) groups is 7. The summed E-state index contributed by atoms with van der Waals surface area (Å²) in [6.45, 7) is 0.341. The molecule has 0 radical (unpaired) electrons. The largest absolute Gasteiger partial charge is 0.492 e. The van der Waals surface area contributed by atoms with Crippen molar-refractivity contribution in [2.45, 2.75) is 32.6 Å². The molecule has 0 saturated heterocycles. The van der Waals surface area contributed by atoms with Crippen molar-refractivity contribution in [3.05, 3.63) is 311 Å². The Morgan fingerprint density at radius 3 is 1.19 bits per heavy atom. The Morgan fingerprint density at radius 1 is 0.446 bits per heavy atom. The number of fused-ring (bicyclic) bond motifs is 13. The van der Waals surface area contributed by atoms with Crippen molar-refractivity contribution in [3.63, 3.8) is 0 Å². The fraction of sp³-hybridized carbons (Fsp3) is 0.0674. The van der Waals surface area contributed by atoms with Crippen molar-refractivity contribution in [1.29, 1.82) is 0 Å². The van der Waals surface area contributed by atoms with E-state index in [0.717, 1.165) is 39.5 Å². The molecule has 650 valence electrons. The highest BCUT2D eigenvalue weighted by Crippen LogP contribution is 2.48. The molecule has 5 aromatic carbocycles. The Balaban J connectivity index is 0.000000117. The van der Waals surface area contributed by atoms with Gasteiger partial charge < -0.3 is 99.6 Å². The van der Waals surface area contributed by atoms with Gasteiger partial charge in [0.2, 0.25) is 0 Å². The Labute approximate surface area is 731 Å². The van der Waals surface area contributed by atoms with E-state index in [1.54, 1.807) is 65.4 Å². The lowest BCUT2D eigenvalue weighted by atomic mass is 10.00. The molecule has 0 bridgehead atoms. The molecule has 3 amide bonds. The molecular weight excluding hydrogens is 1760 g/mol. The highest BCUT2D eigenvalue weighted by Gasteiger charge is 2.36. The quantitative estimate of drug-likeness (QED) is 0.0334. The van der Waals surface area contributed by atoms with Gasteiger partial charge in [-0.05, 0) is 143 Å². The van der Waals surface area contributed by atoms with E-state index in [4.69, 9.17) is 40.9 Å². The number of nitrogens with zero attached hydrogens (tertiary/aromatic N) is 6. The summed E-state index contributed by atoms with van der Waals surface area (Å²) >= 11 is 3.26. The number of aromatic amines is 5. The lowest BCUT2D eigenvalue weighted by molar-refractivity contribution is 0.0676. The number of pyridine rings is 4. The summed E-state index contributed by atoms with van der Waals surface area (Å²) in [7, 11) is 0. The van der Waals surface area contributed by atoms with Crippen molar-refractivity contribution >= 4 is 169 Å². The molecule has 20 aromatic rings. The van der Waals surface area contributed by atoms with Crippen molar-refractivity contribution in [2.75, 3.05) is 12.3 Å². The summed E-state index contributed by atoms with van der Waals surface area (Å²) in [6.07, 6.45) is 11.5. The minimum Gasteiger partial charge on any atom is -0.492 e. The number of carboxylic acid groups (broad SMARTS) is 4. The first-order valence-corrected chi connectivity index (χ1v) is 41.1. The molecule has 0 fully saturated rings. The number of thiophene rings is 2. The molecule has 34 nitrogen and oxygen atoms in total. The smallest absolute Gasteiger partial charge is 0.353 e. The van der Waals surface area contributed by atoms with Gasteiger partial charge >= 0.3 is 23.9 Å². The second-order valence-corrected chi connectivity index (χ2v) is 32.3. The van der Waals surface area contributed by atoms with Crippen LogP contribution in [0.15, 0.2) is 214 Å². The van der Waals surface area contributed by atoms with E-state index >= 15 is 0 Å². The Kier molecular flexibility index (Phi) is 21.3.